The second-order valence-corrected chi connectivity index (χ2v) is 6.24. The molecule has 3 nitrogen and oxygen atoms in total. The molecular formula is C13H26N2O. The van der Waals surface area contributed by atoms with Gasteiger partial charge in [0.15, 0.2) is 0 Å². The quantitative estimate of drug-likeness (QED) is 0.774. The highest BCUT2D eigenvalue weighted by Crippen LogP contribution is 2.22. The van der Waals surface area contributed by atoms with E-state index in [1.807, 2.05) is 0 Å². The van der Waals surface area contributed by atoms with Crippen molar-refractivity contribution in [3.8, 4) is 0 Å². The number of nitrogens with one attached hydrogen (secondary N) is 1. The summed E-state index contributed by atoms with van der Waals surface area (Å²) >= 11 is 0. The van der Waals surface area contributed by atoms with E-state index in [1.54, 1.807) is 0 Å². The highest BCUT2D eigenvalue weighted by Gasteiger charge is 2.34. The van der Waals surface area contributed by atoms with Gasteiger partial charge in [0.1, 0.15) is 0 Å². The molecule has 0 aliphatic carbocycles. The Bertz CT molecular complexity index is 237. The summed E-state index contributed by atoms with van der Waals surface area (Å²) in [4.78, 5) is 2.63. The molecule has 3 heteroatoms. The van der Waals surface area contributed by atoms with Crippen LogP contribution in [-0.2, 0) is 4.74 Å². The Morgan fingerprint density at radius 2 is 2.12 bits per heavy atom. The Morgan fingerprint density at radius 1 is 1.38 bits per heavy atom. The fraction of sp³-hybridized carbons (Fsp3) is 1.00. The third-order valence-corrected chi connectivity index (χ3v) is 3.65. The maximum atomic E-state index is 6.04. The van der Waals surface area contributed by atoms with Crippen LogP contribution < -0.4 is 5.32 Å². The minimum Gasteiger partial charge on any atom is -0.371 e. The summed E-state index contributed by atoms with van der Waals surface area (Å²) in [5.41, 5.74) is -0.0387. The van der Waals surface area contributed by atoms with Gasteiger partial charge in [-0.25, -0.2) is 0 Å². The lowest BCUT2D eigenvalue weighted by molar-refractivity contribution is -0.0755. The van der Waals surface area contributed by atoms with Gasteiger partial charge in [-0.05, 0) is 47.1 Å². The lowest BCUT2D eigenvalue weighted by Crippen LogP contribution is -2.58. The summed E-state index contributed by atoms with van der Waals surface area (Å²) in [6.45, 7) is 12.2. The Morgan fingerprint density at radius 3 is 2.81 bits per heavy atom. The monoisotopic (exact) mass is 226 g/mol. The average Bonchev–Trinajstić information content (AvgIpc) is 2.61. The van der Waals surface area contributed by atoms with Crippen LogP contribution >= 0.6 is 0 Å². The van der Waals surface area contributed by atoms with Gasteiger partial charge in [0.2, 0.25) is 0 Å². The molecule has 0 aromatic rings. The van der Waals surface area contributed by atoms with E-state index in [4.69, 9.17) is 4.74 Å². The predicted molar refractivity (Wildman–Crippen MR) is 66.7 cm³/mol. The van der Waals surface area contributed by atoms with Crippen molar-refractivity contribution in [3.63, 3.8) is 0 Å². The molecule has 2 aliphatic rings. The number of ether oxygens (including phenoxy) is 1. The Balaban J connectivity index is 1.86. The Kier molecular flexibility index (Phi) is 3.57. The maximum Gasteiger partial charge on any atom is 0.0719 e. The van der Waals surface area contributed by atoms with Crippen molar-refractivity contribution in [3.05, 3.63) is 0 Å². The number of nitrogens with zero attached hydrogens (tertiary/aromatic N) is 1. The van der Waals surface area contributed by atoms with Crippen molar-refractivity contribution in [1.29, 1.82) is 0 Å². The third kappa shape index (κ3) is 2.96. The molecule has 3 atom stereocenters. The molecule has 0 saturated carbocycles. The van der Waals surface area contributed by atoms with Gasteiger partial charge in [-0.1, -0.05) is 0 Å². The van der Waals surface area contributed by atoms with Gasteiger partial charge in [0.25, 0.3) is 0 Å². The van der Waals surface area contributed by atoms with E-state index in [9.17, 15) is 0 Å². The summed E-state index contributed by atoms with van der Waals surface area (Å²) < 4.78 is 6.04. The first-order valence-electron chi connectivity index (χ1n) is 6.61. The van der Waals surface area contributed by atoms with Crippen molar-refractivity contribution in [2.75, 3.05) is 19.6 Å². The van der Waals surface area contributed by atoms with Crippen LogP contribution in [0.3, 0.4) is 0 Å². The normalized spacial score (nSPS) is 33.8. The highest BCUT2D eigenvalue weighted by molar-refractivity contribution is 4.92. The van der Waals surface area contributed by atoms with Crippen LogP contribution in [0, 0.1) is 0 Å². The molecule has 16 heavy (non-hydrogen) atoms. The van der Waals surface area contributed by atoms with Crippen molar-refractivity contribution in [1.82, 2.24) is 10.2 Å². The zero-order chi connectivity index (χ0) is 11.8. The van der Waals surface area contributed by atoms with E-state index in [2.05, 4.69) is 37.9 Å². The second kappa shape index (κ2) is 4.63. The molecule has 0 amide bonds. The molecule has 1 N–H and O–H groups in total. The van der Waals surface area contributed by atoms with Crippen LogP contribution in [0.1, 0.15) is 40.5 Å². The summed E-state index contributed by atoms with van der Waals surface area (Å²) in [5, 5.41) is 3.65. The van der Waals surface area contributed by atoms with E-state index >= 15 is 0 Å². The SMILES string of the molecule is CC(OC(C)(C)C)C1CN2CCCC2CN1. The van der Waals surface area contributed by atoms with Gasteiger partial charge in [0.05, 0.1) is 11.7 Å². The minimum atomic E-state index is -0.0387. The second-order valence-electron chi connectivity index (χ2n) is 6.24. The number of hydrogen-bond acceptors (Lipinski definition) is 3. The minimum absolute atomic E-state index is 0.0387. The van der Waals surface area contributed by atoms with E-state index in [-0.39, 0.29) is 5.60 Å². The van der Waals surface area contributed by atoms with Crippen molar-refractivity contribution < 1.29 is 4.74 Å². The van der Waals surface area contributed by atoms with Gasteiger partial charge in [-0.15, -0.1) is 0 Å². The molecule has 94 valence electrons. The van der Waals surface area contributed by atoms with E-state index in [0.29, 0.717) is 12.1 Å². The van der Waals surface area contributed by atoms with Crippen molar-refractivity contribution in [2.24, 2.45) is 0 Å². The summed E-state index contributed by atoms with van der Waals surface area (Å²) in [6, 6.07) is 1.28. The Hall–Kier alpha value is -0.120. The van der Waals surface area contributed by atoms with Gasteiger partial charge in [0, 0.05) is 25.2 Å². The maximum absolute atomic E-state index is 6.04. The van der Waals surface area contributed by atoms with Crippen LogP contribution in [0.5, 0.6) is 0 Å². The van der Waals surface area contributed by atoms with Crippen LogP contribution in [0.15, 0.2) is 0 Å². The van der Waals surface area contributed by atoms with Crippen LogP contribution in [0.25, 0.3) is 0 Å². The van der Waals surface area contributed by atoms with Gasteiger partial charge in [-0.3, -0.25) is 4.90 Å². The summed E-state index contributed by atoms with van der Waals surface area (Å²) in [7, 11) is 0. The summed E-state index contributed by atoms with van der Waals surface area (Å²) in [5.74, 6) is 0. The highest BCUT2D eigenvalue weighted by atomic mass is 16.5. The number of fused-ring (bicyclic) bond motifs is 1. The molecule has 2 rings (SSSR count). The van der Waals surface area contributed by atoms with Crippen LogP contribution in [-0.4, -0.2) is 48.3 Å². The first-order valence-corrected chi connectivity index (χ1v) is 6.61. The van der Waals surface area contributed by atoms with Gasteiger partial charge >= 0.3 is 0 Å². The predicted octanol–water partition coefficient (Wildman–Crippen LogP) is 1.63. The van der Waals surface area contributed by atoms with Crippen molar-refractivity contribution in [2.45, 2.75) is 64.3 Å². The molecular weight excluding hydrogens is 200 g/mol. The van der Waals surface area contributed by atoms with Crippen LogP contribution in [0.2, 0.25) is 0 Å². The zero-order valence-corrected chi connectivity index (χ0v) is 11.1. The zero-order valence-electron chi connectivity index (χ0n) is 11.1. The fourth-order valence-electron chi connectivity index (χ4n) is 2.93. The first kappa shape index (κ1) is 12.3. The molecule has 2 heterocycles. The van der Waals surface area contributed by atoms with Crippen LogP contribution in [0.4, 0.5) is 0 Å². The smallest absolute Gasteiger partial charge is 0.0719 e. The van der Waals surface area contributed by atoms with E-state index in [0.717, 1.165) is 19.1 Å². The lowest BCUT2D eigenvalue weighted by atomic mass is 10.1. The number of hydrogen-bond donors (Lipinski definition) is 1. The molecule has 0 radical (unpaired) electrons. The summed E-state index contributed by atoms with van der Waals surface area (Å²) in [6.07, 6.45) is 3.03. The molecule has 0 aromatic heterocycles. The van der Waals surface area contributed by atoms with Gasteiger partial charge in [-0.2, -0.15) is 0 Å². The standard InChI is InChI=1S/C13H26N2O/c1-10(16-13(2,3)4)12-9-15-7-5-6-11(15)8-14-12/h10-12,14H,5-9H2,1-4H3. The molecule has 2 fully saturated rings. The lowest BCUT2D eigenvalue weighted by Gasteiger charge is -2.40. The molecule has 0 spiro atoms. The molecule has 2 aliphatic heterocycles. The average molecular weight is 226 g/mol. The Labute approximate surface area is 99.5 Å². The fourth-order valence-corrected chi connectivity index (χ4v) is 2.93. The molecule has 0 bridgehead atoms. The molecule has 3 unspecified atom stereocenters. The number of rotatable bonds is 2. The van der Waals surface area contributed by atoms with E-state index in [1.165, 1.54) is 19.4 Å². The first-order chi connectivity index (χ1) is 7.46. The molecule has 0 aromatic carbocycles. The third-order valence-electron chi connectivity index (χ3n) is 3.65. The number of piperazine rings is 1. The largest absolute Gasteiger partial charge is 0.371 e. The van der Waals surface area contributed by atoms with Gasteiger partial charge < -0.3 is 10.1 Å². The topological polar surface area (TPSA) is 24.5 Å². The van der Waals surface area contributed by atoms with E-state index < -0.39 is 0 Å². The molecule has 2 saturated heterocycles. The van der Waals surface area contributed by atoms with Crippen molar-refractivity contribution >= 4 is 0 Å².